The Bertz CT molecular complexity index is 430. The predicted octanol–water partition coefficient (Wildman–Crippen LogP) is 1.10. The van der Waals surface area contributed by atoms with Crippen molar-refractivity contribution in [1.82, 2.24) is 4.90 Å². The van der Waals surface area contributed by atoms with E-state index in [2.05, 4.69) is 5.32 Å². The minimum Gasteiger partial charge on any atom is -0.388 e. The van der Waals surface area contributed by atoms with Gasteiger partial charge in [-0.2, -0.15) is 0 Å². The lowest BCUT2D eigenvalue weighted by molar-refractivity contribution is -0.118. The first-order valence-electron chi connectivity index (χ1n) is 6.91. The van der Waals surface area contributed by atoms with Crippen LogP contribution in [0.15, 0.2) is 30.3 Å². The molecule has 1 aliphatic rings. The van der Waals surface area contributed by atoms with Gasteiger partial charge in [0.1, 0.15) is 0 Å². The normalized spacial score (nSPS) is 17.9. The summed E-state index contributed by atoms with van der Waals surface area (Å²) in [5.74, 6) is -0.0747. The third-order valence-electron chi connectivity index (χ3n) is 3.46. The average molecular weight is 278 g/mol. The zero-order chi connectivity index (χ0) is 14.4. The Morgan fingerprint density at radius 2 is 2.00 bits per heavy atom. The van der Waals surface area contributed by atoms with Crippen molar-refractivity contribution in [2.75, 3.05) is 38.7 Å². The minimum absolute atomic E-state index is 0.0747. The molecule has 0 bridgehead atoms. The molecule has 1 heterocycles. The number of benzene rings is 1. The summed E-state index contributed by atoms with van der Waals surface area (Å²) in [7, 11) is 1.85. The minimum atomic E-state index is -0.736. The van der Waals surface area contributed by atoms with Crippen molar-refractivity contribution < 1.29 is 14.6 Å². The van der Waals surface area contributed by atoms with Gasteiger partial charge in [0, 0.05) is 38.3 Å². The lowest BCUT2D eigenvalue weighted by Gasteiger charge is -2.35. The number of para-hydroxylation sites is 1. The molecule has 0 radical (unpaired) electrons. The second-order valence-corrected chi connectivity index (χ2v) is 5.42. The van der Waals surface area contributed by atoms with E-state index in [9.17, 15) is 9.90 Å². The van der Waals surface area contributed by atoms with Gasteiger partial charge < -0.3 is 15.2 Å². The van der Waals surface area contributed by atoms with Crippen LogP contribution in [0, 0.1) is 0 Å². The van der Waals surface area contributed by atoms with Crippen LogP contribution in [0.2, 0.25) is 0 Å². The molecule has 1 amide bonds. The zero-order valence-corrected chi connectivity index (χ0v) is 11.8. The van der Waals surface area contributed by atoms with Gasteiger partial charge in [0.25, 0.3) is 0 Å². The number of carbonyl (C=O) groups excluding carboxylic acids is 1. The quantitative estimate of drug-likeness (QED) is 0.846. The van der Waals surface area contributed by atoms with Crippen molar-refractivity contribution in [1.29, 1.82) is 0 Å². The van der Waals surface area contributed by atoms with Crippen LogP contribution in [0.5, 0.6) is 0 Å². The second-order valence-electron chi connectivity index (χ2n) is 5.42. The highest BCUT2D eigenvalue weighted by molar-refractivity contribution is 5.92. The van der Waals surface area contributed by atoms with Gasteiger partial charge in [-0.15, -0.1) is 0 Å². The molecule has 2 N–H and O–H groups in total. The molecule has 2 rings (SSSR count). The van der Waals surface area contributed by atoms with Gasteiger partial charge >= 0.3 is 0 Å². The third kappa shape index (κ3) is 4.59. The van der Waals surface area contributed by atoms with Crippen LogP contribution in [0.3, 0.4) is 0 Å². The first-order valence-corrected chi connectivity index (χ1v) is 6.91. The summed E-state index contributed by atoms with van der Waals surface area (Å²) in [5, 5.41) is 13.2. The van der Waals surface area contributed by atoms with Gasteiger partial charge in [-0.25, -0.2) is 0 Å². The van der Waals surface area contributed by atoms with E-state index in [1.165, 1.54) is 0 Å². The molecular formula is C15H22N2O3. The van der Waals surface area contributed by atoms with E-state index in [0.29, 0.717) is 32.6 Å². The van der Waals surface area contributed by atoms with Gasteiger partial charge in [0.2, 0.25) is 5.91 Å². The highest BCUT2D eigenvalue weighted by Gasteiger charge is 2.31. The number of hydrogen-bond acceptors (Lipinski definition) is 4. The number of aliphatic hydroxyl groups is 1. The molecule has 0 spiro atoms. The maximum Gasteiger partial charge on any atom is 0.238 e. The van der Waals surface area contributed by atoms with Crippen molar-refractivity contribution >= 4 is 11.6 Å². The van der Waals surface area contributed by atoms with Crippen LogP contribution < -0.4 is 5.32 Å². The standard InChI is InChI=1S/C15H22N2O3/c1-17(12-15(19)7-9-20-10-8-15)11-14(18)16-13-5-3-2-4-6-13/h2-6,19H,7-12H2,1H3,(H,16,18). The SMILES string of the molecule is CN(CC(=O)Nc1ccccc1)CC1(O)CCOCC1. The number of rotatable bonds is 5. The Balaban J connectivity index is 1.79. The lowest BCUT2D eigenvalue weighted by atomic mass is 9.94. The van der Waals surface area contributed by atoms with Gasteiger partial charge in [-0.1, -0.05) is 18.2 Å². The van der Waals surface area contributed by atoms with Crippen LogP contribution in [-0.2, 0) is 9.53 Å². The number of likely N-dealkylation sites (N-methyl/N-ethyl adjacent to an activating group) is 1. The topological polar surface area (TPSA) is 61.8 Å². The molecule has 0 aromatic heterocycles. The van der Waals surface area contributed by atoms with Crippen molar-refractivity contribution in [3.05, 3.63) is 30.3 Å². The molecule has 1 aromatic carbocycles. The monoisotopic (exact) mass is 278 g/mol. The van der Waals surface area contributed by atoms with Gasteiger partial charge in [-0.05, 0) is 19.2 Å². The number of hydrogen-bond donors (Lipinski definition) is 2. The molecule has 0 atom stereocenters. The van der Waals surface area contributed by atoms with Gasteiger partial charge in [-0.3, -0.25) is 9.69 Å². The number of carbonyl (C=O) groups is 1. The molecule has 0 aliphatic carbocycles. The number of amides is 1. The summed E-state index contributed by atoms with van der Waals surface area (Å²) in [6.45, 7) is 1.91. The average Bonchev–Trinajstić information content (AvgIpc) is 2.39. The van der Waals surface area contributed by atoms with E-state index in [4.69, 9.17) is 4.74 Å². The van der Waals surface area contributed by atoms with Gasteiger partial charge in [0.05, 0.1) is 12.1 Å². The molecule has 1 fully saturated rings. The van der Waals surface area contributed by atoms with E-state index in [1.54, 1.807) is 0 Å². The molecule has 0 unspecified atom stereocenters. The summed E-state index contributed by atoms with van der Waals surface area (Å²) in [4.78, 5) is 13.8. The molecule has 1 aromatic rings. The fraction of sp³-hybridized carbons (Fsp3) is 0.533. The first-order chi connectivity index (χ1) is 9.57. The van der Waals surface area contributed by atoms with Crippen molar-refractivity contribution in [2.24, 2.45) is 0 Å². The summed E-state index contributed by atoms with van der Waals surface area (Å²) in [5.41, 5.74) is 0.0516. The molecule has 0 saturated carbocycles. The van der Waals surface area contributed by atoms with Crippen LogP contribution >= 0.6 is 0 Å². The van der Waals surface area contributed by atoms with Crippen molar-refractivity contribution in [3.63, 3.8) is 0 Å². The maximum absolute atomic E-state index is 11.9. The third-order valence-corrected chi connectivity index (χ3v) is 3.46. The van der Waals surface area contributed by atoms with E-state index < -0.39 is 5.60 Å². The number of nitrogens with zero attached hydrogens (tertiary/aromatic N) is 1. The Hall–Kier alpha value is -1.43. The number of ether oxygens (including phenoxy) is 1. The predicted molar refractivity (Wildman–Crippen MR) is 77.6 cm³/mol. The second kappa shape index (κ2) is 6.83. The zero-order valence-electron chi connectivity index (χ0n) is 11.8. The largest absolute Gasteiger partial charge is 0.388 e. The fourth-order valence-corrected chi connectivity index (χ4v) is 2.43. The smallest absolute Gasteiger partial charge is 0.238 e. The van der Waals surface area contributed by atoms with Crippen molar-refractivity contribution in [2.45, 2.75) is 18.4 Å². The Morgan fingerprint density at radius 3 is 2.65 bits per heavy atom. The highest BCUT2D eigenvalue weighted by Crippen LogP contribution is 2.21. The fourth-order valence-electron chi connectivity index (χ4n) is 2.43. The van der Waals surface area contributed by atoms with Gasteiger partial charge in [0.15, 0.2) is 0 Å². The van der Waals surface area contributed by atoms with E-state index >= 15 is 0 Å². The van der Waals surface area contributed by atoms with Crippen LogP contribution in [0.25, 0.3) is 0 Å². The highest BCUT2D eigenvalue weighted by atomic mass is 16.5. The Labute approximate surface area is 119 Å². The van der Waals surface area contributed by atoms with Crippen LogP contribution in [0.4, 0.5) is 5.69 Å². The first kappa shape index (κ1) is 15.0. The summed E-state index contributed by atoms with van der Waals surface area (Å²) < 4.78 is 5.25. The summed E-state index contributed by atoms with van der Waals surface area (Å²) in [6, 6.07) is 9.37. The lowest BCUT2D eigenvalue weighted by Crippen LogP contribution is -2.47. The Kier molecular flexibility index (Phi) is 5.11. The molecule has 5 heteroatoms. The van der Waals surface area contributed by atoms with E-state index in [-0.39, 0.29) is 12.5 Å². The molecule has 5 nitrogen and oxygen atoms in total. The van der Waals surface area contributed by atoms with E-state index in [0.717, 1.165) is 5.69 Å². The molecule has 20 heavy (non-hydrogen) atoms. The molecule has 1 aliphatic heterocycles. The van der Waals surface area contributed by atoms with E-state index in [1.807, 2.05) is 42.3 Å². The summed E-state index contributed by atoms with van der Waals surface area (Å²) >= 11 is 0. The van der Waals surface area contributed by atoms with Crippen LogP contribution in [0.1, 0.15) is 12.8 Å². The van der Waals surface area contributed by atoms with Crippen LogP contribution in [-0.4, -0.2) is 54.9 Å². The number of anilines is 1. The maximum atomic E-state index is 11.9. The molecular weight excluding hydrogens is 256 g/mol. The number of nitrogens with one attached hydrogen (secondary N) is 1. The summed E-state index contributed by atoms with van der Waals surface area (Å²) in [6.07, 6.45) is 1.25. The molecule has 110 valence electrons. The molecule has 1 saturated heterocycles. The Morgan fingerprint density at radius 1 is 1.35 bits per heavy atom. The van der Waals surface area contributed by atoms with Crippen molar-refractivity contribution in [3.8, 4) is 0 Å².